The minimum Gasteiger partial charge on any atom is -0.303 e. The van der Waals surface area contributed by atoms with Crippen LogP contribution in [0.5, 0.6) is 0 Å². The first-order valence-corrected chi connectivity index (χ1v) is 5.07. The van der Waals surface area contributed by atoms with Crippen molar-refractivity contribution in [3.63, 3.8) is 0 Å². The van der Waals surface area contributed by atoms with E-state index in [2.05, 4.69) is 30.2 Å². The Morgan fingerprint density at radius 3 is 3.07 bits per heavy atom. The zero-order chi connectivity index (χ0) is 10.8. The van der Waals surface area contributed by atoms with Gasteiger partial charge in [-0.05, 0) is 17.5 Å². The van der Waals surface area contributed by atoms with Crippen LogP contribution in [-0.4, -0.2) is 16.1 Å². The fraction of sp³-hybridized carbons (Fsp3) is 0.333. The van der Waals surface area contributed by atoms with E-state index in [-0.39, 0.29) is 5.92 Å². The van der Waals surface area contributed by atoms with Crippen molar-refractivity contribution in [3.8, 4) is 0 Å². The van der Waals surface area contributed by atoms with Gasteiger partial charge in [0, 0.05) is 18.9 Å². The molecule has 1 heterocycles. The fourth-order valence-electron chi connectivity index (χ4n) is 1.75. The number of rotatable bonds is 3. The van der Waals surface area contributed by atoms with Gasteiger partial charge in [0.15, 0.2) is 0 Å². The zero-order valence-corrected chi connectivity index (χ0v) is 8.97. The number of aldehydes is 1. The van der Waals surface area contributed by atoms with Crippen LogP contribution in [0.1, 0.15) is 24.8 Å². The molecule has 0 aliphatic rings. The standard InChI is InChI=1S/C12H14N2O/c1-9(5-6-15)10-3-4-11-8-13-14(2)12(11)7-10/h3-4,6-9H,5H2,1-2H3. The predicted octanol–water partition coefficient (Wildman–Crippen LogP) is 2.27. The molecule has 1 atom stereocenters. The normalized spacial score (nSPS) is 12.9. The van der Waals surface area contributed by atoms with Crippen LogP contribution in [0.25, 0.3) is 10.9 Å². The summed E-state index contributed by atoms with van der Waals surface area (Å²) < 4.78 is 1.85. The van der Waals surface area contributed by atoms with Crippen molar-refractivity contribution in [2.45, 2.75) is 19.3 Å². The summed E-state index contributed by atoms with van der Waals surface area (Å²) >= 11 is 0. The second-order valence-electron chi connectivity index (χ2n) is 3.89. The van der Waals surface area contributed by atoms with Gasteiger partial charge < -0.3 is 4.79 Å². The molecule has 0 spiro atoms. The van der Waals surface area contributed by atoms with Crippen LogP contribution >= 0.6 is 0 Å². The van der Waals surface area contributed by atoms with Crippen LogP contribution in [0.4, 0.5) is 0 Å². The van der Waals surface area contributed by atoms with Gasteiger partial charge in [0.25, 0.3) is 0 Å². The summed E-state index contributed by atoms with van der Waals surface area (Å²) in [4.78, 5) is 10.5. The second-order valence-corrected chi connectivity index (χ2v) is 3.89. The number of carbonyl (C=O) groups excluding carboxylic acids is 1. The van der Waals surface area contributed by atoms with Gasteiger partial charge in [0.1, 0.15) is 6.29 Å². The molecule has 0 N–H and O–H groups in total. The van der Waals surface area contributed by atoms with Gasteiger partial charge in [-0.3, -0.25) is 4.68 Å². The number of aromatic nitrogens is 2. The average molecular weight is 202 g/mol. The topological polar surface area (TPSA) is 34.9 Å². The molecule has 2 aromatic rings. The van der Waals surface area contributed by atoms with Crippen molar-refractivity contribution in [3.05, 3.63) is 30.0 Å². The zero-order valence-electron chi connectivity index (χ0n) is 8.97. The van der Waals surface area contributed by atoms with E-state index < -0.39 is 0 Å². The third kappa shape index (κ3) is 1.77. The van der Waals surface area contributed by atoms with E-state index in [9.17, 15) is 4.79 Å². The summed E-state index contributed by atoms with van der Waals surface area (Å²) in [7, 11) is 1.93. The molecular formula is C12H14N2O. The number of hydrogen-bond acceptors (Lipinski definition) is 2. The molecule has 2 rings (SSSR count). The van der Waals surface area contributed by atoms with Gasteiger partial charge in [-0.25, -0.2) is 0 Å². The minimum absolute atomic E-state index is 0.279. The van der Waals surface area contributed by atoms with Crippen molar-refractivity contribution in [2.75, 3.05) is 0 Å². The van der Waals surface area contributed by atoms with E-state index in [0.717, 1.165) is 17.2 Å². The van der Waals surface area contributed by atoms with E-state index in [1.54, 1.807) is 0 Å². The molecule has 0 aliphatic heterocycles. The molecule has 0 fully saturated rings. The molecule has 0 amide bonds. The highest BCUT2D eigenvalue weighted by Crippen LogP contribution is 2.22. The molecule has 0 radical (unpaired) electrons. The summed E-state index contributed by atoms with van der Waals surface area (Å²) in [5.74, 6) is 0.279. The number of benzene rings is 1. The molecule has 0 saturated carbocycles. The van der Waals surface area contributed by atoms with Gasteiger partial charge >= 0.3 is 0 Å². The van der Waals surface area contributed by atoms with E-state index in [4.69, 9.17) is 0 Å². The second kappa shape index (κ2) is 3.85. The Morgan fingerprint density at radius 1 is 1.53 bits per heavy atom. The van der Waals surface area contributed by atoms with E-state index >= 15 is 0 Å². The van der Waals surface area contributed by atoms with Gasteiger partial charge in [0.05, 0.1) is 11.7 Å². The van der Waals surface area contributed by atoms with E-state index in [1.165, 1.54) is 5.56 Å². The van der Waals surface area contributed by atoms with Crippen LogP contribution in [0.2, 0.25) is 0 Å². The molecule has 1 unspecified atom stereocenters. The predicted molar refractivity (Wildman–Crippen MR) is 59.8 cm³/mol. The number of hydrogen-bond donors (Lipinski definition) is 0. The number of nitrogens with zero attached hydrogens (tertiary/aromatic N) is 2. The molecule has 0 bridgehead atoms. The molecule has 78 valence electrons. The average Bonchev–Trinajstić information content (AvgIpc) is 2.60. The SMILES string of the molecule is CC(CC=O)c1ccc2cnn(C)c2c1. The van der Waals surface area contributed by atoms with Crippen molar-refractivity contribution in [1.82, 2.24) is 9.78 Å². The molecular weight excluding hydrogens is 188 g/mol. The highest BCUT2D eigenvalue weighted by atomic mass is 16.1. The first-order chi connectivity index (χ1) is 7.22. The lowest BCUT2D eigenvalue weighted by Crippen LogP contribution is -1.95. The van der Waals surface area contributed by atoms with E-state index in [0.29, 0.717) is 6.42 Å². The Kier molecular flexibility index (Phi) is 2.54. The Hall–Kier alpha value is -1.64. The third-order valence-corrected chi connectivity index (χ3v) is 2.79. The maximum atomic E-state index is 10.5. The Morgan fingerprint density at radius 2 is 2.33 bits per heavy atom. The molecule has 0 saturated heterocycles. The molecule has 3 nitrogen and oxygen atoms in total. The molecule has 1 aromatic carbocycles. The summed E-state index contributed by atoms with van der Waals surface area (Å²) in [5.41, 5.74) is 2.31. The van der Waals surface area contributed by atoms with Crippen LogP contribution in [0, 0.1) is 0 Å². The highest BCUT2D eigenvalue weighted by molar-refractivity contribution is 5.79. The van der Waals surface area contributed by atoms with Crippen molar-refractivity contribution >= 4 is 17.2 Å². The summed E-state index contributed by atoms with van der Waals surface area (Å²) in [6.45, 7) is 2.06. The van der Waals surface area contributed by atoms with E-state index in [1.807, 2.05) is 17.9 Å². The first-order valence-electron chi connectivity index (χ1n) is 5.07. The maximum Gasteiger partial charge on any atom is 0.120 e. The lowest BCUT2D eigenvalue weighted by Gasteiger charge is -2.08. The summed E-state index contributed by atoms with van der Waals surface area (Å²) in [5, 5.41) is 5.33. The fourth-order valence-corrected chi connectivity index (χ4v) is 1.75. The number of fused-ring (bicyclic) bond motifs is 1. The van der Waals surface area contributed by atoms with Gasteiger partial charge in [-0.1, -0.05) is 19.1 Å². The first kappa shape index (κ1) is 9.90. The van der Waals surface area contributed by atoms with Crippen LogP contribution in [0.3, 0.4) is 0 Å². The Bertz CT molecular complexity index is 487. The summed E-state index contributed by atoms with van der Waals surface area (Å²) in [6, 6.07) is 6.23. The smallest absolute Gasteiger partial charge is 0.120 e. The van der Waals surface area contributed by atoms with Gasteiger partial charge in [-0.15, -0.1) is 0 Å². The Balaban J connectivity index is 2.45. The van der Waals surface area contributed by atoms with Gasteiger partial charge in [-0.2, -0.15) is 5.10 Å². The monoisotopic (exact) mass is 202 g/mol. The lowest BCUT2D eigenvalue weighted by molar-refractivity contribution is -0.108. The molecule has 15 heavy (non-hydrogen) atoms. The lowest BCUT2D eigenvalue weighted by atomic mass is 9.98. The molecule has 0 aliphatic carbocycles. The number of aryl methyl sites for hydroxylation is 1. The largest absolute Gasteiger partial charge is 0.303 e. The van der Waals surface area contributed by atoms with Crippen LogP contribution in [-0.2, 0) is 11.8 Å². The summed E-state index contributed by atoms with van der Waals surface area (Å²) in [6.07, 6.45) is 3.39. The highest BCUT2D eigenvalue weighted by Gasteiger charge is 2.07. The van der Waals surface area contributed by atoms with Gasteiger partial charge in [0.2, 0.25) is 0 Å². The quantitative estimate of drug-likeness (QED) is 0.715. The third-order valence-electron chi connectivity index (χ3n) is 2.79. The molecule has 3 heteroatoms. The van der Waals surface area contributed by atoms with Crippen molar-refractivity contribution in [2.24, 2.45) is 7.05 Å². The van der Waals surface area contributed by atoms with Crippen LogP contribution in [0.15, 0.2) is 24.4 Å². The maximum absolute atomic E-state index is 10.5. The Labute approximate surface area is 88.7 Å². The van der Waals surface area contributed by atoms with Crippen molar-refractivity contribution in [1.29, 1.82) is 0 Å². The van der Waals surface area contributed by atoms with Crippen LogP contribution < -0.4 is 0 Å². The van der Waals surface area contributed by atoms with Crippen molar-refractivity contribution < 1.29 is 4.79 Å². The number of carbonyl (C=O) groups is 1. The molecule has 1 aromatic heterocycles. The minimum atomic E-state index is 0.279.